The Balaban J connectivity index is 0. The lowest BCUT2D eigenvalue weighted by Crippen LogP contribution is -2.29. The summed E-state index contributed by atoms with van der Waals surface area (Å²) in [6, 6.07) is 0. The Morgan fingerprint density at radius 1 is 0.706 bits per heavy atom. The summed E-state index contributed by atoms with van der Waals surface area (Å²) in [7, 11) is 2.19. The lowest BCUT2D eigenvalue weighted by atomic mass is 10.1. The number of likely N-dealkylation sites (tertiary alicyclic amines) is 2. The smallest absolute Gasteiger partial charge is 0.00188 e. The molecule has 2 saturated heterocycles. The molecule has 2 aliphatic heterocycles. The summed E-state index contributed by atoms with van der Waals surface area (Å²) in [6.45, 7) is 8.82. The van der Waals surface area contributed by atoms with E-state index in [1.54, 1.807) is 0 Å². The molecule has 2 heterocycles. The monoisotopic (exact) mass is 244 g/mol. The lowest BCUT2D eigenvalue weighted by Gasteiger charge is -2.24. The third-order valence-electron chi connectivity index (χ3n) is 3.48. The highest BCUT2D eigenvalue weighted by molar-refractivity contribution is 4.61. The van der Waals surface area contributed by atoms with E-state index in [0.29, 0.717) is 0 Å². The molecule has 0 aromatic carbocycles. The van der Waals surface area contributed by atoms with Gasteiger partial charge in [-0.15, -0.1) is 0 Å². The summed E-state index contributed by atoms with van der Waals surface area (Å²) >= 11 is 0. The molecule has 2 rings (SSSR count). The van der Waals surface area contributed by atoms with Crippen LogP contribution in [0.2, 0.25) is 0 Å². The normalized spacial score (nSPS) is 21.5. The van der Waals surface area contributed by atoms with Gasteiger partial charge in [-0.1, -0.05) is 34.6 Å². The molecule has 2 nitrogen and oxygen atoms in total. The predicted molar refractivity (Wildman–Crippen MR) is 80.8 cm³/mol. The largest absolute Gasteiger partial charge is 0.306 e. The van der Waals surface area contributed by atoms with Crippen molar-refractivity contribution in [2.75, 3.05) is 39.8 Å². The Labute approximate surface area is 110 Å². The molecule has 106 valence electrons. The maximum absolute atomic E-state index is 2.52. The number of hydrogen-bond donors (Lipinski definition) is 0. The molecular formula is C15H36N2. The van der Waals surface area contributed by atoms with Crippen LogP contribution in [0.3, 0.4) is 0 Å². The number of piperidine rings is 2. The van der Waals surface area contributed by atoms with Crippen molar-refractivity contribution in [3.63, 3.8) is 0 Å². The van der Waals surface area contributed by atoms with E-state index in [-0.39, 0.29) is 14.9 Å². The van der Waals surface area contributed by atoms with Crippen LogP contribution in [0, 0.1) is 0 Å². The van der Waals surface area contributed by atoms with Gasteiger partial charge < -0.3 is 9.80 Å². The fourth-order valence-corrected chi connectivity index (χ4v) is 2.33. The van der Waals surface area contributed by atoms with Gasteiger partial charge in [0, 0.05) is 0 Å². The van der Waals surface area contributed by atoms with Gasteiger partial charge in [-0.25, -0.2) is 0 Å². The van der Waals surface area contributed by atoms with Crippen LogP contribution >= 0.6 is 0 Å². The molecule has 0 bridgehead atoms. The Morgan fingerprint density at radius 2 is 1.12 bits per heavy atom. The minimum absolute atomic E-state index is 0. The number of rotatable bonds is 1. The van der Waals surface area contributed by atoms with E-state index in [1.807, 2.05) is 0 Å². The van der Waals surface area contributed by atoms with Crippen molar-refractivity contribution in [3.8, 4) is 0 Å². The second kappa shape index (κ2) is 12.4. The average Bonchev–Trinajstić information content (AvgIpc) is 2.32. The van der Waals surface area contributed by atoms with Gasteiger partial charge >= 0.3 is 0 Å². The van der Waals surface area contributed by atoms with E-state index in [2.05, 4.69) is 23.8 Å². The first kappa shape index (κ1) is 19.3. The minimum Gasteiger partial charge on any atom is -0.306 e. The van der Waals surface area contributed by atoms with Gasteiger partial charge in [-0.3, -0.25) is 0 Å². The maximum Gasteiger partial charge on any atom is -0.00188 e. The Kier molecular flexibility index (Phi) is 14.0. The molecule has 0 aromatic rings. The molecule has 0 amide bonds. The lowest BCUT2D eigenvalue weighted by molar-refractivity contribution is 0.240. The summed E-state index contributed by atoms with van der Waals surface area (Å²) in [5, 5.41) is 0. The van der Waals surface area contributed by atoms with Crippen molar-refractivity contribution in [1.29, 1.82) is 0 Å². The third kappa shape index (κ3) is 9.61. The zero-order valence-electron chi connectivity index (χ0n) is 10.7. The van der Waals surface area contributed by atoms with Crippen LogP contribution in [0.4, 0.5) is 0 Å². The maximum atomic E-state index is 2.52. The minimum atomic E-state index is 0. The molecule has 0 unspecified atom stereocenters. The van der Waals surface area contributed by atoms with Gasteiger partial charge in [0.15, 0.2) is 0 Å². The molecule has 0 N–H and O–H groups in total. The van der Waals surface area contributed by atoms with E-state index >= 15 is 0 Å². The zero-order chi connectivity index (χ0) is 10.9. The zero-order valence-corrected chi connectivity index (χ0v) is 10.7. The molecule has 0 aliphatic carbocycles. The van der Waals surface area contributed by atoms with Crippen molar-refractivity contribution in [1.82, 2.24) is 9.80 Å². The Hall–Kier alpha value is -0.0800. The fourth-order valence-electron chi connectivity index (χ4n) is 2.33. The van der Waals surface area contributed by atoms with Crippen LogP contribution in [-0.4, -0.2) is 49.6 Å². The van der Waals surface area contributed by atoms with Crippen molar-refractivity contribution in [2.45, 2.75) is 60.3 Å². The standard InChI is InChI=1S/C7H15N.C6H13N.2CH4/c1-2-8-6-4-3-5-7-8;1-7-5-3-2-4-6-7;;/h2-7H2,1H3;2-6H2,1H3;2*1H4. The molecule has 0 aromatic heterocycles. The van der Waals surface area contributed by atoms with E-state index < -0.39 is 0 Å². The first-order chi connectivity index (χ1) is 7.33. The Bertz CT molecular complexity index is 136. The molecule has 17 heavy (non-hydrogen) atoms. The SMILES string of the molecule is C.C.CCN1CCCCC1.CN1CCCCC1. The van der Waals surface area contributed by atoms with E-state index in [0.717, 1.165) is 0 Å². The average molecular weight is 244 g/mol. The first-order valence-corrected chi connectivity index (χ1v) is 6.74. The van der Waals surface area contributed by atoms with Crippen molar-refractivity contribution < 1.29 is 0 Å². The van der Waals surface area contributed by atoms with Gasteiger partial charge in [0.05, 0.1) is 0 Å². The van der Waals surface area contributed by atoms with Crippen LogP contribution in [0.15, 0.2) is 0 Å². The quantitative estimate of drug-likeness (QED) is 0.691. The summed E-state index contributed by atoms with van der Waals surface area (Å²) < 4.78 is 0. The molecule has 0 saturated carbocycles. The van der Waals surface area contributed by atoms with Crippen molar-refractivity contribution in [3.05, 3.63) is 0 Å². The highest BCUT2D eigenvalue weighted by atomic mass is 15.1. The number of nitrogens with zero attached hydrogens (tertiary/aromatic N) is 2. The molecule has 2 fully saturated rings. The highest BCUT2D eigenvalue weighted by Crippen LogP contribution is 2.06. The summed E-state index contributed by atoms with van der Waals surface area (Å²) in [5.41, 5.74) is 0. The molecule has 2 heteroatoms. The first-order valence-electron chi connectivity index (χ1n) is 6.74. The van der Waals surface area contributed by atoms with E-state index in [1.165, 1.54) is 71.2 Å². The highest BCUT2D eigenvalue weighted by Gasteiger charge is 2.05. The summed E-state index contributed by atoms with van der Waals surface area (Å²) in [5.74, 6) is 0. The number of hydrogen-bond acceptors (Lipinski definition) is 2. The van der Waals surface area contributed by atoms with E-state index in [4.69, 9.17) is 0 Å². The van der Waals surface area contributed by atoms with E-state index in [9.17, 15) is 0 Å². The summed E-state index contributed by atoms with van der Waals surface area (Å²) in [6.07, 6.45) is 8.58. The van der Waals surface area contributed by atoms with Crippen molar-refractivity contribution >= 4 is 0 Å². The van der Waals surface area contributed by atoms with Crippen LogP contribution in [0.5, 0.6) is 0 Å². The van der Waals surface area contributed by atoms with Gasteiger partial charge in [0.2, 0.25) is 0 Å². The van der Waals surface area contributed by atoms with Gasteiger partial charge in [-0.2, -0.15) is 0 Å². The second-order valence-electron chi connectivity index (χ2n) is 4.86. The Morgan fingerprint density at radius 3 is 1.35 bits per heavy atom. The van der Waals surface area contributed by atoms with Crippen LogP contribution in [0.1, 0.15) is 60.3 Å². The third-order valence-corrected chi connectivity index (χ3v) is 3.48. The topological polar surface area (TPSA) is 6.48 Å². The van der Waals surface area contributed by atoms with Gasteiger partial charge in [0.25, 0.3) is 0 Å². The van der Waals surface area contributed by atoms with Crippen LogP contribution < -0.4 is 0 Å². The summed E-state index contributed by atoms with van der Waals surface area (Å²) in [4.78, 5) is 4.91. The molecular weight excluding hydrogens is 208 g/mol. The second-order valence-corrected chi connectivity index (χ2v) is 4.86. The van der Waals surface area contributed by atoms with Gasteiger partial charge in [-0.05, 0) is 65.5 Å². The van der Waals surface area contributed by atoms with Crippen LogP contribution in [-0.2, 0) is 0 Å². The van der Waals surface area contributed by atoms with Gasteiger partial charge in [0.1, 0.15) is 0 Å². The predicted octanol–water partition coefficient (Wildman–Crippen LogP) is 3.87. The van der Waals surface area contributed by atoms with Crippen molar-refractivity contribution in [2.24, 2.45) is 0 Å². The molecule has 0 atom stereocenters. The molecule has 0 spiro atoms. The molecule has 2 aliphatic rings. The fraction of sp³-hybridized carbons (Fsp3) is 1.00. The van der Waals surface area contributed by atoms with Crippen LogP contribution in [0.25, 0.3) is 0 Å². The molecule has 0 radical (unpaired) electrons.